The largest absolute Gasteiger partial charge is 0.544 e. The van der Waals surface area contributed by atoms with Crippen molar-refractivity contribution < 1.29 is 28.6 Å². The molecule has 7 nitrogen and oxygen atoms in total. The molecule has 0 saturated heterocycles. The lowest BCUT2D eigenvalue weighted by Gasteiger charge is -2.36. The molecule has 0 bridgehead atoms. The van der Waals surface area contributed by atoms with Crippen LogP contribution < -0.4 is 19.6 Å². The highest BCUT2D eigenvalue weighted by Crippen LogP contribution is 2.58. The third kappa shape index (κ3) is 6.48. The van der Waals surface area contributed by atoms with E-state index in [9.17, 15) is 14.7 Å². The number of fused-ring (bicyclic) bond motifs is 1. The average molecular weight is 630 g/mol. The lowest BCUT2D eigenvalue weighted by Crippen LogP contribution is -2.43. The molecule has 3 aromatic carbocycles. The first-order valence-electron chi connectivity index (χ1n) is 15.9. The van der Waals surface area contributed by atoms with Crippen LogP contribution in [-0.4, -0.2) is 39.5 Å². The number of amides is 1. The number of hydrogen-bond donors (Lipinski definition) is 2. The van der Waals surface area contributed by atoms with Crippen molar-refractivity contribution in [1.82, 2.24) is 0 Å². The Kier molecular flexibility index (Phi) is 8.84. The maximum atomic E-state index is 12.7. The van der Waals surface area contributed by atoms with Crippen LogP contribution in [-0.2, 0) is 24.1 Å². The summed E-state index contributed by atoms with van der Waals surface area (Å²) in [5.74, 6) is 0.752. The summed E-state index contributed by atoms with van der Waals surface area (Å²) in [6.07, 6.45) is 4.21. The number of benzene rings is 3. The van der Waals surface area contributed by atoms with Gasteiger partial charge in [0.25, 0.3) is 0 Å². The van der Waals surface area contributed by atoms with Gasteiger partial charge >= 0.3 is 5.97 Å². The van der Waals surface area contributed by atoms with Gasteiger partial charge in [-0.3, -0.25) is 9.59 Å². The predicted molar refractivity (Wildman–Crippen MR) is 179 cm³/mol. The highest BCUT2D eigenvalue weighted by molar-refractivity contribution is 6.74. The normalized spacial score (nSPS) is 18.0. The van der Waals surface area contributed by atoms with Crippen LogP contribution in [0, 0.1) is 5.41 Å². The molecule has 2 aliphatic rings. The van der Waals surface area contributed by atoms with Crippen LogP contribution in [0.4, 0.5) is 0 Å². The minimum Gasteiger partial charge on any atom is -0.544 e. The first-order valence-corrected chi connectivity index (χ1v) is 18.8. The second-order valence-electron chi connectivity index (χ2n) is 14.3. The SMILES string of the molecule is COc1ccc2c(c1)CCC(c1cc(CC(c3ccc(O[Si](C)(C)C(C)(C)C)cc3)C3(C(=O)O)CC3)c(OC)cc1C(N)=O)C2. The minimum absolute atomic E-state index is 0.0637. The van der Waals surface area contributed by atoms with E-state index >= 15 is 0 Å². The summed E-state index contributed by atoms with van der Waals surface area (Å²) >= 11 is 0. The molecule has 0 aliphatic heterocycles. The lowest BCUT2D eigenvalue weighted by molar-refractivity contribution is -0.144. The van der Waals surface area contributed by atoms with Crippen molar-refractivity contribution in [3.63, 3.8) is 0 Å². The molecule has 3 N–H and O–H groups in total. The molecular weight excluding hydrogens is 582 g/mol. The van der Waals surface area contributed by atoms with E-state index in [2.05, 4.69) is 52.1 Å². The average Bonchev–Trinajstić information content (AvgIpc) is 3.81. The summed E-state index contributed by atoms with van der Waals surface area (Å²) in [5.41, 5.74) is 10.8. The first kappa shape index (κ1) is 32.6. The van der Waals surface area contributed by atoms with Gasteiger partial charge in [0.1, 0.15) is 17.2 Å². The Morgan fingerprint density at radius 2 is 1.64 bits per heavy atom. The number of aryl methyl sites for hydroxylation is 1. The molecule has 0 aromatic heterocycles. The van der Waals surface area contributed by atoms with E-state index in [1.54, 1.807) is 20.3 Å². The van der Waals surface area contributed by atoms with E-state index in [4.69, 9.17) is 19.6 Å². The quantitative estimate of drug-likeness (QED) is 0.211. The van der Waals surface area contributed by atoms with E-state index in [-0.39, 0.29) is 16.9 Å². The number of primary amides is 1. The molecule has 0 heterocycles. The number of hydrogen-bond acceptors (Lipinski definition) is 5. The minimum atomic E-state index is -2.03. The third-order valence-corrected chi connectivity index (χ3v) is 14.9. The second kappa shape index (κ2) is 12.2. The molecule has 1 fully saturated rings. The van der Waals surface area contributed by atoms with Gasteiger partial charge in [0.15, 0.2) is 0 Å². The Morgan fingerprint density at radius 1 is 0.978 bits per heavy atom. The van der Waals surface area contributed by atoms with Gasteiger partial charge in [-0.05, 0) is 121 Å². The highest BCUT2D eigenvalue weighted by atomic mass is 28.4. The summed E-state index contributed by atoms with van der Waals surface area (Å²) in [5, 5.41) is 10.5. The highest BCUT2D eigenvalue weighted by Gasteiger charge is 2.56. The summed E-state index contributed by atoms with van der Waals surface area (Å²) in [6.45, 7) is 11.1. The smallest absolute Gasteiger partial charge is 0.310 e. The van der Waals surface area contributed by atoms with Crippen LogP contribution >= 0.6 is 0 Å². The zero-order valence-electron chi connectivity index (χ0n) is 27.7. The van der Waals surface area contributed by atoms with Crippen molar-refractivity contribution in [1.29, 1.82) is 0 Å². The Bertz CT molecular complexity index is 1590. The topological polar surface area (TPSA) is 108 Å². The van der Waals surface area contributed by atoms with Crippen LogP contribution in [0.25, 0.3) is 0 Å². The van der Waals surface area contributed by atoms with Gasteiger partial charge in [-0.2, -0.15) is 0 Å². The van der Waals surface area contributed by atoms with Gasteiger partial charge in [0.05, 0.1) is 19.6 Å². The van der Waals surface area contributed by atoms with E-state index in [1.165, 1.54) is 11.1 Å². The van der Waals surface area contributed by atoms with Crippen molar-refractivity contribution in [2.45, 2.75) is 89.3 Å². The molecule has 2 unspecified atom stereocenters. The van der Waals surface area contributed by atoms with Crippen molar-refractivity contribution in [2.75, 3.05) is 14.2 Å². The number of rotatable bonds is 11. The zero-order valence-corrected chi connectivity index (χ0v) is 28.7. The number of carboxylic acid groups (broad SMARTS) is 1. The number of carbonyl (C=O) groups excluding carboxylic acids is 1. The maximum absolute atomic E-state index is 12.7. The van der Waals surface area contributed by atoms with Gasteiger partial charge in [0, 0.05) is 11.5 Å². The van der Waals surface area contributed by atoms with Gasteiger partial charge in [-0.1, -0.05) is 45.0 Å². The van der Waals surface area contributed by atoms with Crippen LogP contribution in [0.3, 0.4) is 0 Å². The fourth-order valence-electron chi connectivity index (χ4n) is 6.58. The number of methoxy groups -OCH3 is 2. The van der Waals surface area contributed by atoms with Crippen LogP contribution in [0.2, 0.25) is 18.1 Å². The lowest BCUT2D eigenvalue weighted by atomic mass is 9.75. The fourth-order valence-corrected chi connectivity index (χ4v) is 7.61. The number of aliphatic carboxylic acids is 1. The number of nitrogens with two attached hydrogens (primary N) is 1. The molecule has 0 radical (unpaired) electrons. The van der Waals surface area contributed by atoms with E-state index in [0.717, 1.165) is 47.5 Å². The molecule has 1 saturated carbocycles. The Morgan fingerprint density at radius 3 is 2.20 bits per heavy atom. The van der Waals surface area contributed by atoms with Gasteiger partial charge in [0.2, 0.25) is 14.2 Å². The van der Waals surface area contributed by atoms with Gasteiger partial charge < -0.3 is 24.7 Å². The number of carboxylic acids is 1. The van der Waals surface area contributed by atoms with Crippen molar-refractivity contribution in [3.8, 4) is 17.2 Å². The summed E-state index contributed by atoms with van der Waals surface area (Å²) < 4.78 is 17.7. The first-order chi connectivity index (χ1) is 21.2. The van der Waals surface area contributed by atoms with Crippen LogP contribution in [0.5, 0.6) is 17.2 Å². The molecule has 45 heavy (non-hydrogen) atoms. The zero-order chi connectivity index (χ0) is 32.7. The fraction of sp³-hybridized carbons (Fsp3) is 0.459. The second-order valence-corrected chi connectivity index (χ2v) is 19.1. The van der Waals surface area contributed by atoms with Crippen molar-refractivity contribution in [2.24, 2.45) is 11.1 Å². The monoisotopic (exact) mass is 629 g/mol. The van der Waals surface area contributed by atoms with E-state index in [1.807, 2.05) is 30.3 Å². The summed E-state index contributed by atoms with van der Waals surface area (Å²) in [7, 11) is 1.23. The third-order valence-electron chi connectivity index (χ3n) is 10.6. The van der Waals surface area contributed by atoms with Gasteiger partial charge in [-0.25, -0.2) is 0 Å². The summed E-state index contributed by atoms with van der Waals surface area (Å²) in [6, 6.07) is 18.0. The van der Waals surface area contributed by atoms with Gasteiger partial charge in [-0.15, -0.1) is 0 Å². The standard InChI is InChI=1S/C37H47NO6Si/c1-36(2,3)45(6,7)44-28-13-10-23(11-14-28)32(37(16-17-37)35(40)41)21-27-20-30(31(34(38)39)22-33(27)43-5)26-9-8-25-19-29(42-4)15-12-24(25)18-26/h10-15,19-20,22,26,32H,8-9,16-18,21H2,1-7H3,(H2,38,39)(H,40,41). The molecule has 5 rings (SSSR count). The molecule has 2 aliphatic carbocycles. The number of ether oxygens (including phenoxy) is 2. The van der Waals surface area contributed by atoms with Crippen LogP contribution in [0.1, 0.15) is 90.0 Å². The maximum Gasteiger partial charge on any atom is 0.310 e. The Balaban J connectivity index is 1.51. The molecule has 8 heteroatoms. The molecule has 0 spiro atoms. The molecule has 1 amide bonds. The van der Waals surface area contributed by atoms with Crippen molar-refractivity contribution in [3.05, 3.63) is 88.0 Å². The Labute approximate surface area is 268 Å². The van der Waals surface area contributed by atoms with E-state index < -0.39 is 25.6 Å². The summed E-state index contributed by atoms with van der Waals surface area (Å²) in [4.78, 5) is 25.4. The Hall–Kier alpha value is -3.78. The molecule has 2 atom stereocenters. The van der Waals surface area contributed by atoms with Crippen molar-refractivity contribution >= 4 is 20.2 Å². The molecule has 3 aromatic rings. The van der Waals surface area contributed by atoms with Crippen LogP contribution in [0.15, 0.2) is 54.6 Å². The number of carbonyl (C=O) groups is 2. The van der Waals surface area contributed by atoms with E-state index in [0.29, 0.717) is 30.6 Å². The predicted octanol–water partition coefficient (Wildman–Crippen LogP) is 7.65. The molecule has 240 valence electrons. The molecular formula is C37H47NO6Si.